The zero-order valence-electron chi connectivity index (χ0n) is 34.5. The summed E-state index contributed by atoms with van der Waals surface area (Å²) < 4.78 is 32.7. The third-order valence-corrected chi connectivity index (χ3v) is 9.58. The summed E-state index contributed by atoms with van der Waals surface area (Å²) in [6.07, 6.45) is 6.37. The second-order valence-electron chi connectivity index (χ2n) is 19.2. The lowest BCUT2D eigenvalue weighted by Crippen LogP contribution is -2.48. The Morgan fingerprint density at radius 3 is 1.29 bits per heavy atom. The molecule has 0 amide bonds. The second-order valence-corrected chi connectivity index (χ2v) is 19.2. The quantitative estimate of drug-likeness (QED) is 0.0632. The number of hydrogen-bond donors (Lipinski definition) is 4. The molecule has 0 radical (unpaired) electrons. The molecule has 290 valence electrons. The fourth-order valence-corrected chi connectivity index (χ4v) is 6.10. The summed E-state index contributed by atoms with van der Waals surface area (Å²) in [6, 6.07) is 0. The molecule has 0 saturated heterocycles. The van der Waals surface area contributed by atoms with Crippen molar-refractivity contribution in [3.63, 3.8) is 0 Å². The molecule has 48 heavy (non-hydrogen) atoms. The van der Waals surface area contributed by atoms with E-state index in [0.29, 0.717) is 46.2 Å². The summed E-state index contributed by atoms with van der Waals surface area (Å²) in [5, 5.41) is 0. The third kappa shape index (κ3) is 22.5. The monoisotopic (exact) mass is 689 g/mol. The van der Waals surface area contributed by atoms with Gasteiger partial charge in [-0.15, -0.1) is 0 Å². The van der Waals surface area contributed by atoms with Crippen molar-refractivity contribution in [1.29, 1.82) is 0 Å². The topological polar surface area (TPSA) is 150 Å². The van der Waals surface area contributed by atoms with Crippen molar-refractivity contribution < 1.29 is 23.7 Å². The summed E-state index contributed by atoms with van der Waals surface area (Å²) in [7, 11) is 0. The lowest BCUT2D eigenvalue weighted by molar-refractivity contribution is -0.146. The van der Waals surface area contributed by atoms with Crippen molar-refractivity contribution >= 4 is 0 Å². The van der Waals surface area contributed by atoms with E-state index >= 15 is 0 Å². The summed E-state index contributed by atoms with van der Waals surface area (Å²) in [6.45, 7) is 35.6. The molecule has 3 atom stereocenters. The van der Waals surface area contributed by atoms with Gasteiger partial charge in [0.1, 0.15) is 0 Å². The van der Waals surface area contributed by atoms with E-state index in [9.17, 15) is 0 Å². The van der Waals surface area contributed by atoms with E-state index in [1.54, 1.807) is 0 Å². The maximum Gasteiger partial charge on any atom is 0.0633 e. The molecule has 0 bridgehead atoms. The van der Waals surface area contributed by atoms with Crippen LogP contribution in [0.1, 0.15) is 155 Å². The Hall–Kier alpha value is -0.360. The second kappa shape index (κ2) is 19.5. The highest BCUT2D eigenvalue weighted by Gasteiger charge is 2.43. The van der Waals surface area contributed by atoms with Gasteiger partial charge >= 0.3 is 0 Å². The van der Waals surface area contributed by atoms with Crippen LogP contribution in [0.2, 0.25) is 0 Å². The van der Waals surface area contributed by atoms with Crippen LogP contribution in [0.15, 0.2) is 0 Å². The molecular formula is C39H84N4O5. The van der Waals surface area contributed by atoms with Crippen molar-refractivity contribution in [2.75, 3.05) is 46.2 Å². The lowest BCUT2D eigenvalue weighted by Gasteiger charge is -2.45. The lowest BCUT2D eigenvalue weighted by atomic mass is 9.72. The minimum atomic E-state index is -0.401. The minimum Gasteiger partial charge on any atom is -0.381 e. The van der Waals surface area contributed by atoms with Crippen LogP contribution in [0.5, 0.6) is 0 Å². The van der Waals surface area contributed by atoms with Crippen molar-refractivity contribution in [2.45, 2.75) is 195 Å². The molecule has 3 unspecified atom stereocenters. The predicted octanol–water partition coefficient (Wildman–Crippen LogP) is 7.10. The fraction of sp³-hybridized carbons (Fsp3) is 1.00. The first-order valence-corrected chi connectivity index (χ1v) is 18.7. The molecule has 0 spiro atoms. The van der Waals surface area contributed by atoms with Crippen LogP contribution in [0.25, 0.3) is 0 Å². The maximum absolute atomic E-state index is 6.86. The number of hydrogen-bond acceptors (Lipinski definition) is 9. The van der Waals surface area contributed by atoms with Crippen LogP contribution in [0.4, 0.5) is 0 Å². The number of rotatable bonds is 28. The molecule has 9 heteroatoms. The molecule has 0 rings (SSSR count). The van der Waals surface area contributed by atoms with Crippen LogP contribution in [-0.2, 0) is 23.7 Å². The first-order chi connectivity index (χ1) is 21.5. The van der Waals surface area contributed by atoms with Gasteiger partial charge in [-0.3, -0.25) is 0 Å². The van der Waals surface area contributed by atoms with Gasteiger partial charge in [-0.25, -0.2) is 0 Å². The summed E-state index contributed by atoms with van der Waals surface area (Å²) >= 11 is 0. The van der Waals surface area contributed by atoms with E-state index in [0.717, 1.165) is 51.4 Å². The molecule has 0 aromatic rings. The van der Waals surface area contributed by atoms with Crippen LogP contribution in [0.3, 0.4) is 0 Å². The Morgan fingerprint density at radius 1 is 0.479 bits per heavy atom. The zero-order valence-corrected chi connectivity index (χ0v) is 34.5. The van der Waals surface area contributed by atoms with E-state index < -0.39 is 5.60 Å². The van der Waals surface area contributed by atoms with E-state index in [1.807, 2.05) is 55.4 Å². The van der Waals surface area contributed by atoms with Gasteiger partial charge in [-0.05, 0) is 141 Å². The zero-order chi connectivity index (χ0) is 37.7. The molecule has 0 aliphatic heterocycles. The summed E-state index contributed by atoms with van der Waals surface area (Å²) in [5.74, 6) is 0. The van der Waals surface area contributed by atoms with Gasteiger partial charge in [0, 0.05) is 59.4 Å². The molecule has 0 aliphatic carbocycles. The SMILES string of the molecule is CCC(COCCC(C)(C)N)(COCC(CC)(CC(C)(C)OCCC(C)(C)N)C(C)OCCC(C)(C)N)CC(C)(C)OCCC(C)(C)N. The molecule has 9 nitrogen and oxygen atoms in total. The van der Waals surface area contributed by atoms with E-state index in [2.05, 4.69) is 48.5 Å². The predicted molar refractivity (Wildman–Crippen MR) is 203 cm³/mol. The van der Waals surface area contributed by atoms with Crippen LogP contribution in [0, 0.1) is 10.8 Å². The molecular weight excluding hydrogens is 604 g/mol. The average molecular weight is 689 g/mol. The summed E-state index contributed by atoms with van der Waals surface area (Å²) in [5.41, 5.74) is 22.6. The van der Waals surface area contributed by atoms with Crippen LogP contribution in [-0.4, -0.2) is 85.7 Å². The Labute approximate surface area is 298 Å². The van der Waals surface area contributed by atoms with Gasteiger partial charge in [-0.1, -0.05) is 13.8 Å². The van der Waals surface area contributed by atoms with E-state index in [1.165, 1.54) is 0 Å². The standard InChI is InChI=1S/C39H84N4O5/c1-16-38(28-44-22-18-32(4,5)40,26-36(12,13)47-24-20-34(8,9)42)29-45-30-39(17-2,31(3)46-23-19-33(6,7)41)27-37(14,15)48-25-21-35(10,11)43/h31H,16-30,40-43H2,1-15H3. The minimum absolute atomic E-state index is 0.0721. The Bertz CT molecular complexity index is 870. The highest BCUT2D eigenvalue weighted by atomic mass is 16.5. The molecule has 0 saturated carbocycles. The largest absolute Gasteiger partial charge is 0.381 e. The van der Waals surface area contributed by atoms with Gasteiger partial charge in [0.05, 0.1) is 37.1 Å². The van der Waals surface area contributed by atoms with Gasteiger partial charge in [0.25, 0.3) is 0 Å². The molecule has 0 aromatic heterocycles. The van der Waals surface area contributed by atoms with Crippen molar-refractivity contribution in [2.24, 2.45) is 33.8 Å². The third-order valence-electron chi connectivity index (χ3n) is 9.58. The molecule has 0 aliphatic rings. The van der Waals surface area contributed by atoms with Gasteiger partial charge in [0.2, 0.25) is 0 Å². The normalized spacial score (nSPS) is 17.3. The Kier molecular flexibility index (Phi) is 19.3. The highest BCUT2D eigenvalue weighted by molar-refractivity contribution is 4.93. The molecule has 0 heterocycles. The van der Waals surface area contributed by atoms with Crippen LogP contribution < -0.4 is 22.9 Å². The van der Waals surface area contributed by atoms with E-state index in [-0.39, 0.29) is 44.7 Å². The molecule has 0 fully saturated rings. The Balaban J connectivity index is 6.19. The number of nitrogens with two attached hydrogens (primary N) is 4. The first-order valence-electron chi connectivity index (χ1n) is 18.7. The maximum atomic E-state index is 6.86. The molecule has 8 N–H and O–H groups in total. The van der Waals surface area contributed by atoms with Crippen molar-refractivity contribution in [1.82, 2.24) is 0 Å². The average Bonchev–Trinajstić information content (AvgIpc) is 2.86. The highest BCUT2D eigenvalue weighted by Crippen LogP contribution is 2.41. The summed E-state index contributed by atoms with van der Waals surface area (Å²) in [4.78, 5) is 0. The Morgan fingerprint density at radius 2 is 0.875 bits per heavy atom. The van der Waals surface area contributed by atoms with Crippen molar-refractivity contribution in [3.05, 3.63) is 0 Å². The van der Waals surface area contributed by atoms with Crippen molar-refractivity contribution in [3.8, 4) is 0 Å². The molecule has 0 aromatic carbocycles. The van der Waals surface area contributed by atoms with Gasteiger partial charge < -0.3 is 46.6 Å². The number of ether oxygens (including phenoxy) is 5. The fourth-order valence-electron chi connectivity index (χ4n) is 6.10. The van der Waals surface area contributed by atoms with Crippen LogP contribution >= 0.6 is 0 Å². The van der Waals surface area contributed by atoms with Gasteiger partial charge in [0.15, 0.2) is 0 Å². The first kappa shape index (κ1) is 47.6. The smallest absolute Gasteiger partial charge is 0.0633 e. The van der Waals surface area contributed by atoms with Gasteiger partial charge in [-0.2, -0.15) is 0 Å². The van der Waals surface area contributed by atoms with E-state index in [4.69, 9.17) is 46.6 Å².